The maximum Gasteiger partial charge on any atom is 0.241 e. The van der Waals surface area contributed by atoms with E-state index in [4.69, 9.17) is 5.73 Å². The van der Waals surface area contributed by atoms with Crippen molar-refractivity contribution < 1.29 is 17.9 Å². The van der Waals surface area contributed by atoms with Gasteiger partial charge in [0.25, 0.3) is 0 Å². The average Bonchev–Trinajstić information content (AvgIpc) is 2.31. The Bertz CT molecular complexity index is 640. The van der Waals surface area contributed by atoms with Crippen molar-refractivity contribution in [2.75, 3.05) is 12.3 Å². The summed E-state index contributed by atoms with van der Waals surface area (Å²) in [6.45, 7) is 2.95. The number of hydrogen-bond donors (Lipinski definition) is 3. The number of anilines is 1. The second-order valence-electron chi connectivity index (χ2n) is 5.45. The summed E-state index contributed by atoms with van der Waals surface area (Å²) in [5.74, 6) is -0.628. The zero-order valence-corrected chi connectivity index (χ0v) is 12.3. The summed E-state index contributed by atoms with van der Waals surface area (Å²) in [4.78, 5) is -0.0145. The SMILES string of the molecule is Cc1cc(F)c(N)c(C)c1S(=O)(=O)NCC1(O)CCC1. The number of nitrogen functional groups attached to an aromatic ring is 1. The highest BCUT2D eigenvalue weighted by Gasteiger charge is 2.36. The lowest BCUT2D eigenvalue weighted by molar-refractivity contribution is -0.0271. The van der Waals surface area contributed by atoms with Gasteiger partial charge in [0.05, 0.1) is 16.2 Å². The van der Waals surface area contributed by atoms with Gasteiger partial charge in [-0.25, -0.2) is 17.5 Å². The Morgan fingerprint density at radius 2 is 2.05 bits per heavy atom. The fraction of sp³-hybridized carbons (Fsp3) is 0.538. The van der Waals surface area contributed by atoms with E-state index in [0.717, 1.165) is 12.5 Å². The van der Waals surface area contributed by atoms with E-state index in [9.17, 15) is 17.9 Å². The normalized spacial score (nSPS) is 17.8. The van der Waals surface area contributed by atoms with Crippen LogP contribution in [0.5, 0.6) is 0 Å². The van der Waals surface area contributed by atoms with Crippen molar-refractivity contribution >= 4 is 15.7 Å². The first-order valence-electron chi connectivity index (χ1n) is 6.43. The maximum absolute atomic E-state index is 13.5. The summed E-state index contributed by atoms with van der Waals surface area (Å²) in [5, 5.41) is 9.95. The van der Waals surface area contributed by atoms with Crippen LogP contribution < -0.4 is 10.5 Å². The van der Waals surface area contributed by atoms with Gasteiger partial charge < -0.3 is 10.8 Å². The van der Waals surface area contributed by atoms with Crippen molar-refractivity contribution in [1.29, 1.82) is 0 Å². The second kappa shape index (κ2) is 4.98. The van der Waals surface area contributed by atoms with Crippen molar-refractivity contribution in [3.05, 3.63) is 23.0 Å². The van der Waals surface area contributed by atoms with Gasteiger partial charge in [-0.05, 0) is 50.3 Å². The van der Waals surface area contributed by atoms with Crippen molar-refractivity contribution in [1.82, 2.24) is 4.72 Å². The smallest absolute Gasteiger partial charge is 0.241 e. The number of nitrogens with two attached hydrogens (primary N) is 1. The summed E-state index contributed by atoms with van der Waals surface area (Å²) in [5.41, 5.74) is 4.91. The van der Waals surface area contributed by atoms with Gasteiger partial charge >= 0.3 is 0 Å². The summed E-state index contributed by atoms with van der Waals surface area (Å²) in [6.07, 6.45) is 2.05. The van der Waals surface area contributed by atoms with Gasteiger partial charge in [0.15, 0.2) is 0 Å². The molecule has 7 heteroatoms. The lowest BCUT2D eigenvalue weighted by Gasteiger charge is -2.36. The van der Waals surface area contributed by atoms with Crippen LogP contribution in [0.25, 0.3) is 0 Å². The van der Waals surface area contributed by atoms with E-state index in [1.54, 1.807) is 0 Å². The molecule has 1 saturated carbocycles. The Kier molecular flexibility index (Phi) is 3.79. The predicted molar refractivity (Wildman–Crippen MR) is 74.3 cm³/mol. The summed E-state index contributed by atoms with van der Waals surface area (Å²) in [7, 11) is -3.83. The molecule has 1 aliphatic carbocycles. The number of benzene rings is 1. The molecule has 0 atom stereocenters. The predicted octanol–water partition coefficient (Wildman–Crippen LogP) is 1.22. The molecule has 0 unspecified atom stereocenters. The third-order valence-electron chi connectivity index (χ3n) is 3.85. The molecule has 1 aliphatic rings. The molecule has 112 valence electrons. The molecule has 0 bridgehead atoms. The van der Waals surface area contributed by atoms with E-state index in [1.807, 2.05) is 0 Å². The number of aryl methyl sites for hydroxylation is 1. The number of nitrogens with one attached hydrogen (secondary N) is 1. The Labute approximate surface area is 118 Å². The highest BCUT2D eigenvalue weighted by molar-refractivity contribution is 7.89. The molecule has 0 radical (unpaired) electrons. The van der Waals surface area contributed by atoms with Crippen molar-refractivity contribution in [2.45, 2.75) is 43.6 Å². The quantitative estimate of drug-likeness (QED) is 0.729. The van der Waals surface area contributed by atoms with E-state index in [-0.39, 0.29) is 22.7 Å². The second-order valence-corrected chi connectivity index (χ2v) is 7.15. The number of rotatable bonds is 4. The van der Waals surface area contributed by atoms with E-state index < -0.39 is 21.4 Å². The van der Waals surface area contributed by atoms with E-state index >= 15 is 0 Å². The van der Waals surface area contributed by atoms with E-state index in [2.05, 4.69) is 4.72 Å². The molecule has 0 saturated heterocycles. The number of aliphatic hydroxyl groups is 1. The van der Waals surface area contributed by atoms with Crippen LogP contribution in [-0.2, 0) is 10.0 Å². The van der Waals surface area contributed by atoms with Crippen LogP contribution in [-0.4, -0.2) is 25.7 Å². The van der Waals surface area contributed by atoms with Crippen molar-refractivity contribution in [3.8, 4) is 0 Å². The molecule has 5 nitrogen and oxygen atoms in total. The largest absolute Gasteiger partial charge is 0.396 e. The van der Waals surface area contributed by atoms with Gasteiger partial charge in [-0.1, -0.05) is 0 Å². The molecule has 0 amide bonds. The molecule has 2 rings (SSSR count). The number of halogens is 1. The van der Waals surface area contributed by atoms with Crippen LogP contribution in [0.2, 0.25) is 0 Å². The first kappa shape index (κ1) is 15.2. The van der Waals surface area contributed by atoms with Crippen molar-refractivity contribution in [3.63, 3.8) is 0 Å². The molecule has 1 aromatic carbocycles. The highest BCUT2D eigenvalue weighted by atomic mass is 32.2. The molecule has 20 heavy (non-hydrogen) atoms. The highest BCUT2D eigenvalue weighted by Crippen LogP contribution is 2.32. The summed E-state index contributed by atoms with van der Waals surface area (Å²) < 4.78 is 40.5. The zero-order valence-electron chi connectivity index (χ0n) is 11.5. The average molecular weight is 302 g/mol. The fourth-order valence-electron chi connectivity index (χ4n) is 2.41. The molecule has 0 heterocycles. The monoisotopic (exact) mass is 302 g/mol. The molecule has 4 N–H and O–H groups in total. The minimum Gasteiger partial charge on any atom is -0.396 e. The molecule has 0 spiro atoms. The molecular formula is C13H19FN2O3S. The third kappa shape index (κ3) is 2.65. The molecule has 1 aromatic rings. The van der Waals surface area contributed by atoms with Gasteiger partial charge in [0.1, 0.15) is 5.82 Å². The number of hydrogen-bond acceptors (Lipinski definition) is 4. The van der Waals surface area contributed by atoms with Gasteiger partial charge in [-0.2, -0.15) is 0 Å². The van der Waals surface area contributed by atoms with E-state index in [0.29, 0.717) is 18.4 Å². The maximum atomic E-state index is 13.5. The summed E-state index contributed by atoms with van der Waals surface area (Å²) >= 11 is 0. The number of sulfonamides is 1. The van der Waals surface area contributed by atoms with Crippen LogP contribution in [0.15, 0.2) is 11.0 Å². The van der Waals surface area contributed by atoms with E-state index in [1.165, 1.54) is 13.8 Å². The topological polar surface area (TPSA) is 92.4 Å². The van der Waals surface area contributed by atoms with Crippen LogP contribution in [0.1, 0.15) is 30.4 Å². The minimum absolute atomic E-state index is 0.0145. The van der Waals surface area contributed by atoms with Gasteiger partial charge in [-0.3, -0.25) is 0 Å². The fourth-order valence-corrected chi connectivity index (χ4v) is 4.01. The molecule has 0 aromatic heterocycles. The molecular weight excluding hydrogens is 283 g/mol. The van der Waals surface area contributed by atoms with Gasteiger partial charge in [-0.15, -0.1) is 0 Å². The Morgan fingerprint density at radius 3 is 2.55 bits per heavy atom. The van der Waals surface area contributed by atoms with Crippen LogP contribution >= 0.6 is 0 Å². The third-order valence-corrected chi connectivity index (χ3v) is 5.54. The zero-order chi connectivity index (χ0) is 15.1. The lowest BCUT2D eigenvalue weighted by atomic mass is 9.81. The van der Waals surface area contributed by atoms with Crippen LogP contribution in [0.4, 0.5) is 10.1 Å². The first-order chi connectivity index (χ1) is 9.16. The first-order valence-corrected chi connectivity index (χ1v) is 7.92. The Balaban J connectivity index is 2.32. The lowest BCUT2D eigenvalue weighted by Crippen LogP contribution is -2.47. The van der Waals surface area contributed by atoms with Gasteiger partial charge in [0.2, 0.25) is 10.0 Å². The Morgan fingerprint density at radius 1 is 1.45 bits per heavy atom. The molecule has 1 fully saturated rings. The summed E-state index contributed by atoms with van der Waals surface area (Å²) in [6, 6.07) is 1.11. The molecule has 0 aliphatic heterocycles. The van der Waals surface area contributed by atoms with Crippen LogP contribution in [0.3, 0.4) is 0 Å². The van der Waals surface area contributed by atoms with Gasteiger partial charge in [0, 0.05) is 6.54 Å². The minimum atomic E-state index is -3.83. The van der Waals surface area contributed by atoms with Crippen LogP contribution in [0, 0.1) is 19.7 Å². The Hall–Kier alpha value is -1.18. The van der Waals surface area contributed by atoms with Crippen molar-refractivity contribution in [2.24, 2.45) is 0 Å². The standard InChI is InChI=1S/C13H19FN2O3S/c1-8-6-10(14)11(15)9(2)12(8)20(18,19)16-7-13(17)4-3-5-13/h6,16-17H,3-5,7,15H2,1-2H3.